The van der Waals surface area contributed by atoms with Crippen LogP contribution in [0.1, 0.15) is 16.7 Å². The molecule has 0 heterocycles. The summed E-state index contributed by atoms with van der Waals surface area (Å²) in [5.41, 5.74) is 10.3. The van der Waals surface area contributed by atoms with E-state index in [0.29, 0.717) is 12.1 Å². The van der Waals surface area contributed by atoms with Crippen molar-refractivity contribution in [2.24, 2.45) is 0 Å². The maximum absolute atomic E-state index is 12.0. The minimum Gasteiger partial charge on any atom is -0.399 e. The number of carbonyl (C=O) groups is 1. The molecule has 0 aromatic heterocycles. The van der Waals surface area contributed by atoms with E-state index in [1.807, 2.05) is 38.1 Å². The SMILES string of the molecule is Cc1cc(NC(=O)Cc2ccc(N)cc2)cc(C)c1Br. The largest absolute Gasteiger partial charge is 0.399 e. The zero-order valence-electron chi connectivity index (χ0n) is 11.5. The average Bonchev–Trinajstić information content (AvgIpc) is 2.38. The number of rotatable bonds is 3. The lowest BCUT2D eigenvalue weighted by molar-refractivity contribution is -0.115. The Bertz CT molecular complexity index is 612. The van der Waals surface area contributed by atoms with Crippen molar-refractivity contribution >= 4 is 33.2 Å². The Balaban J connectivity index is 2.06. The molecule has 2 aromatic rings. The van der Waals surface area contributed by atoms with Gasteiger partial charge >= 0.3 is 0 Å². The second-order valence-electron chi connectivity index (χ2n) is 4.89. The Labute approximate surface area is 127 Å². The molecule has 0 aliphatic rings. The van der Waals surface area contributed by atoms with E-state index in [9.17, 15) is 4.79 Å². The highest BCUT2D eigenvalue weighted by Crippen LogP contribution is 2.25. The molecule has 0 saturated heterocycles. The molecule has 2 rings (SSSR count). The predicted molar refractivity (Wildman–Crippen MR) is 86.8 cm³/mol. The first-order valence-electron chi connectivity index (χ1n) is 6.36. The number of nitrogen functional groups attached to an aromatic ring is 1. The highest BCUT2D eigenvalue weighted by atomic mass is 79.9. The summed E-state index contributed by atoms with van der Waals surface area (Å²) in [6.45, 7) is 4.01. The lowest BCUT2D eigenvalue weighted by Crippen LogP contribution is -2.14. The number of halogens is 1. The maximum Gasteiger partial charge on any atom is 0.228 e. The van der Waals surface area contributed by atoms with Crippen molar-refractivity contribution in [2.75, 3.05) is 11.1 Å². The van der Waals surface area contributed by atoms with Gasteiger partial charge in [-0.1, -0.05) is 28.1 Å². The van der Waals surface area contributed by atoms with Crippen LogP contribution in [0.3, 0.4) is 0 Å². The van der Waals surface area contributed by atoms with Crippen LogP contribution >= 0.6 is 15.9 Å². The van der Waals surface area contributed by atoms with E-state index in [2.05, 4.69) is 21.2 Å². The zero-order chi connectivity index (χ0) is 14.7. The van der Waals surface area contributed by atoms with Crippen molar-refractivity contribution in [1.82, 2.24) is 0 Å². The van der Waals surface area contributed by atoms with E-state index >= 15 is 0 Å². The van der Waals surface area contributed by atoms with Gasteiger partial charge in [-0.05, 0) is 54.8 Å². The van der Waals surface area contributed by atoms with Crippen molar-refractivity contribution < 1.29 is 4.79 Å². The van der Waals surface area contributed by atoms with Crippen molar-refractivity contribution in [3.63, 3.8) is 0 Å². The summed E-state index contributed by atoms with van der Waals surface area (Å²) in [7, 11) is 0. The molecular weight excluding hydrogens is 316 g/mol. The Hall–Kier alpha value is -1.81. The molecule has 3 N–H and O–H groups in total. The molecular formula is C16H17BrN2O. The standard InChI is InChI=1S/C16H17BrN2O/c1-10-7-14(8-11(2)16(10)17)19-15(20)9-12-3-5-13(18)6-4-12/h3-8H,9,18H2,1-2H3,(H,19,20). The van der Waals surface area contributed by atoms with E-state index in [1.54, 1.807) is 12.1 Å². The van der Waals surface area contributed by atoms with E-state index in [-0.39, 0.29) is 5.91 Å². The molecule has 0 saturated carbocycles. The molecule has 20 heavy (non-hydrogen) atoms. The smallest absolute Gasteiger partial charge is 0.228 e. The van der Waals surface area contributed by atoms with E-state index < -0.39 is 0 Å². The number of hydrogen-bond acceptors (Lipinski definition) is 2. The first-order chi connectivity index (χ1) is 9.45. The molecule has 0 fully saturated rings. The average molecular weight is 333 g/mol. The van der Waals surface area contributed by atoms with E-state index in [1.165, 1.54) is 0 Å². The molecule has 0 bridgehead atoms. The molecule has 0 aliphatic carbocycles. The fraction of sp³-hybridized carbons (Fsp3) is 0.188. The highest BCUT2D eigenvalue weighted by molar-refractivity contribution is 9.10. The van der Waals surface area contributed by atoms with Gasteiger partial charge in [0, 0.05) is 15.8 Å². The Morgan fingerprint density at radius 3 is 2.25 bits per heavy atom. The van der Waals surface area contributed by atoms with Crippen LogP contribution in [0.4, 0.5) is 11.4 Å². The molecule has 3 nitrogen and oxygen atoms in total. The molecule has 0 atom stereocenters. The zero-order valence-corrected chi connectivity index (χ0v) is 13.1. The number of anilines is 2. The summed E-state index contributed by atoms with van der Waals surface area (Å²) in [5, 5.41) is 2.92. The summed E-state index contributed by atoms with van der Waals surface area (Å²) in [6.07, 6.45) is 0.342. The molecule has 0 spiro atoms. The summed E-state index contributed by atoms with van der Waals surface area (Å²) in [6, 6.07) is 11.3. The lowest BCUT2D eigenvalue weighted by atomic mass is 10.1. The van der Waals surface area contributed by atoms with E-state index in [0.717, 1.165) is 26.9 Å². The minimum absolute atomic E-state index is 0.0316. The molecule has 0 radical (unpaired) electrons. The van der Waals surface area contributed by atoms with Crippen molar-refractivity contribution in [2.45, 2.75) is 20.3 Å². The number of nitrogens with two attached hydrogens (primary N) is 1. The third-order valence-corrected chi connectivity index (χ3v) is 4.32. The second kappa shape index (κ2) is 6.09. The van der Waals surface area contributed by atoms with Gasteiger partial charge in [0.25, 0.3) is 0 Å². The monoisotopic (exact) mass is 332 g/mol. The van der Waals surface area contributed by atoms with Gasteiger partial charge in [-0.25, -0.2) is 0 Å². The number of amides is 1. The summed E-state index contributed by atoms with van der Waals surface area (Å²) in [5.74, 6) is -0.0316. The first kappa shape index (κ1) is 14.6. The van der Waals surface area contributed by atoms with Gasteiger partial charge in [-0.2, -0.15) is 0 Å². The van der Waals surface area contributed by atoms with Gasteiger partial charge in [0.15, 0.2) is 0 Å². The fourth-order valence-corrected chi connectivity index (χ4v) is 2.27. The van der Waals surface area contributed by atoms with Crippen molar-refractivity contribution in [3.8, 4) is 0 Å². The number of nitrogens with one attached hydrogen (secondary N) is 1. The number of hydrogen-bond donors (Lipinski definition) is 2. The van der Waals surface area contributed by atoms with Crippen LogP contribution in [0.25, 0.3) is 0 Å². The van der Waals surface area contributed by atoms with Gasteiger partial charge in [0.1, 0.15) is 0 Å². The van der Waals surface area contributed by atoms with Gasteiger partial charge in [-0.3, -0.25) is 4.79 Å². The van der Waals surface area contributed by atoms with Gasteiger partial charge < -0.3 is 11.1 Å². The molecule has 4 heteroatoms. The second-order valence-corrected chi connectivity index (χ2v) is 5.68. The van der Waals surface area contributed by atoms with Crippen LogP contribution in [-0.2, 0) is 11.2 Å². The Kier molecular flexibility index (Phi) is 4.45. The summed E-state index contributed by atoms with van der Waals surface area (Å²) >= 11 is 3.52. The Morgan fingerprint density at radius 2 is 1.70 bits per heavy atom. The van der Waals surface area contributed by atoms with Crippen LogP contribution in [0.2, 0.25) is 0 Å². The van der Waals surface area contributed by atoms with Crippen LogP contribution in [0.5, 0.6) is 0 Å². The summed E-state index contributed by atoms with van der Waals surface area (Å²) in [4.78, 5) is 12.0. The van der Waals surface area contributed by atoms with E-state index in [4.69, 9.17) is 5.73 Å². The molecule has 1 amide bonds. The Morgan fingerprint density at radius 1 is 1.15 bits per heavy atom. The number of benzene rings is 2. The minimum atomic E-state index is -0.0316. The topological polar surface area (TPSA) is 55.1 Å². The normalized spacial score (nSPS) is 10.3. The molecule has 104 valence electrons. The third-order valence-electron chi connectivity index (χ3n) is 3.06. The molecule has 0 unspecified atom stereocenters. The van der Waals surface area contributed by atoms with Gasteiger partial charge in [-0.15, -0.1) is 0 Å². The van der Waals surface area contributed by atoms with Crippen LogP contribution in [0.15, 0.2) is 40.9 Å². The fourth-order valence-electron chi connectivity index (χ4n) is 2.04. The number of aryl methyl sites for hydroxylation is 2. The van der Waals surface area contributed by atoms with Crippen molar-refractivity contribution in [1.29, 1.82) is 0 Å². The quantitative estimate of drug-likeness (QED) is 0.839. The van der Waals surface area contributed by atoms with Gasteiger partial charge in [0.05, 0.1) is 6.42 Å². The lowest BCUT2D eigenvalue weighted by Gasteiger charge is -2.10. The van der Waals surface area contributed by atoms with Crippen LogP contribution < -0.4 is 11.1 Å². The van der Waals surface area contributed by atoms with Crippen molar-refractivity contribution in [3.05, 3.63) is 57.6 Å². The van der Waals surface area contributed by atoms with Crippen LogP contribution in [-0.4, -0.2) is 5.91 Å². The first-order valence-corrected chi connectivity index (χ1v) is 7.16. The molecule has 0 aliphatic heterocycles. The number of carbonyl (C=O) groups excluding carboxylic acids is 1. The molecule has 2 aromatic carbocycles. The van der Waals surface area contributed by atoms with Gasteiger partial charge in [0.2, 0.25) is 5.91 Å². The van der Waals surface area contributed by atoms with Crippen LogP contribution in [0, 0.1) is 13.8 Å². The summed E-state index contributed by atoms with van der Waals surface area (Å²) < 4.78 is 1.08. The highest BCUT2D eigenvalue weighted by Gasteiger charge is 2.07. The maximum atomic E-state index is 12.0. The third kappa shape index (κ3) is 3.61. The predicted octanol–water partition coefficient (Wildman–Crippen LogP) is 3.83.